The molecule has 2 aromatic carbocycles. The molecule has 0 saturated carbocycles. The van der Waals surface area contributed by atoms with Gasteiger partial charge in [-0.3, -0.25) is 9.59 Å². The van der Waals surface area contributed by atoms with Crippen LogP contribution < -0.4 is 20.7 Å². The number of hydrogen-bond acceptors (Lipinski definition) is 4. The van der Waals surface area contributed by atoms with Gasteiger partial charge in [-0.15, -0.1) is 12.4 Å². The van der Waals surface area contributed by atoms with Crippen molar-refractivity contribution in [3.8, 4) is 5.75 Å². The van der Waals surface area contributed by atoms with Gasteiger partial charge in [0.15, 0.2) is 6.61 Å². The lowest BCUT2D eigenvalue weighted by molar-refractivity contribution is -0.125. The van der Waals surface area contributed by atoms with E-state index in [2.05, 4.69) is 16.0 Å². The quantitative estimate of drug-likeness (QED) is 0.600. The Morgan fingerprint density at radius 3 is 2.67 bits per heavy atom. The standard InChI is InChI=1S/C23H29N3O3.ClH/c1-17-4-2-6-20(14-17)26-22(27)16-29-21-9-7-18(8-10-21)11-13-25-23(28)19-5-3-12-24-15-19;/h2,4,6-10,14,19,24H,3,5,11-13,15-16H2,1H3,(H,25,28)(H,26,27);1H. The minimum absolute atomic E-state index is 0. The summed E-state index contributed by atoms with van der Waals surface area (Å²) in [6, 6.07) is 15.3. The number of aryl methyl sites for hydroxylation is 1. The first kappa shape index (κ1) is 23.7. The highest BCUT2D eigenvalue weighted by Gasteiger charge is 2.20. The third-order valence-electron chi connectivity index (χ3n) is 4.98. The Hall–Kier alpha value is -2.57. The number of carbonyl (C=O) groups is 2. The molecule has 1 atom stereocenters. The predicted molar refractivity (Wildman–Crippen MR) is 121 cm³/mol. The van der Waals surface area contributed by atoms with Crippen molar-refractivity contribution in [1.29, 1.82) is 0 Å². The summed E-state index contributed by atoms with van der Waals surface area (Å²) in [6.45, 7) is 4.33. The highest BCUT2D eigenvalue weighted by atomic mass is 35.5. The van der Waals surface area contributed by atoms with Gasteiger partial charge in [-0.1, -0.05) is 24.3 Å². The maximum atomic E-state index is 12.1. The smallest absolute Gasteiger partial charge is 0.262 e. The lowest BCUT2D eigenvalue weighted by Gasteiger charge is -2.21. The van der Waals surface area contributed by atoms with E-state index in [0.717, 1.165) is 49.2 Å². The van der Waals surface area contributed by atoms with Crippen molar-refractivity contribution >= 4 is 29.9 Å². The number of nitrogens with one attached hydrogen (secondary N) is 3. The molecule has 6 nitrogen and oxygen atoms in total. The Labute approximate surface area is 184 Å². The number of anilines is 1. The summed E-state index contributed by atoms with van der Waals surface area (Å²) in [5.41, 5.74) is 2.97. The molecule has 2 aromatic rings. The van der Waals surface area contributed by atoms with Crippen molar-refractivity contribution < 1.29 is 14.3 Å². The fourth-order valence-corrected chi connectivity index (χ4v) is 3.37. The lowest BCUT2D eigenvalue weighted by atomic mass is 9.99. The third-order valence-corrected chi connectivity index (χ3v) is 4.98. The Kier molecular flexibility index (Phi) is 9.64. The second-order valence-corrected chi connectivity index (χ2v) is 7.43. The third kappa shape index (κ3) is 7.69. The van der Waals surface area contributed by atoms with Crippen LogP contribution in [0.25, 0.3) is 0 Å². The van der Waals surface area contributed by atoms with Gasteiger partial charge in [0.1, 0.15) is 5.75 Å². The molecule has 1 saturated heterocycles. The number of ether oxygens (including phenoxy) is 1. The molecule has 2 amide bonds. The molecule has 0 radical (unpaired) electrons. The van der Waals surface area contributed by atoms with Gasteiger partial charge < -0.3 is 20.7 Å². The number of halogens is 1. The van der Waals surface area contributed by atoms with Crippen LogP contribution in [-0.4, -0.2) is 38.1 Å². The van der Waals surface area contributed by atoms with E-state index >= 15 is 0 Å². The van der Waals surface area contributed by atoms with Gasteiger partial charge in [0.05, 0.1) is 5.92 Å². The van der Waals surface area contributed by atoms with Gasteiger partial charge in [0.2, 0.25) is 5.91 Å². The minimum atomic E-state index is -0.195. The Morgan fingerprint density at radius 2 is 1.97 bits per heavy atom. The first-order valence-electron chi connectivity index (χ1n) is 10.2. The average Bonchev–Trinajstić information content (AvgIpc) is 2.74. The fourth-order valence-electron chi connectivity index (χ4n) is 3.37. The molecule has 3 rings (SSSR count). The number of piperidine rings is 1. The Balaban J connectivity index is 0.00000320. The van der Waals surface area contributed by atoms with E-state index in [-0.39, 0.29) is 36.7 Å². The van der Waals surface area contributed by atoms with E-state index in [1.165, 1.54) is 0 Å². The molecule has 30 heavy (non-hydrogen) atoms. The molecule has 0 bridgehead atoms. The molecule has 1 aliphatic heterocycles. The molecule has 0 aromatic heterocycles. The summed E-state index contributed by atoms with van der Waals surface area (Å²) in [5, 5.41) is 9.10. The van der Waals surface area contributed by atoms with Crippen LogP contribution in [0.2, 0.25) is 0 Å². The van der Waals surface area contributed by atoms with Gasteiger partial charge in [0, 0.05) is 18.8 Å². The zero-order valence-electron chi connectivity index (χ0n) is 17.3. The summed E-state index contributed by atoms with van der Waals surface area (Å²) < 4.78 is 5.56. The number of amides is 2. The summed E-state index contributed by atoms with van der Waals surface area (Å²) in [5.74, 6) is 0.673. The topological polar surface area (TPSA) is 79.5 Å². The SMILES string of the molecule is Cc1cccc(NC(=O)COc2ccc(CCNC(=O)C3CCCNC3)cc2)c1.Cl. The maximum absolute atomic E-state index is 12.1. The molecule has 1 fully saturated rings. The van der Waals surface area contributed by atoms with Crippen molar-refractivity contribution in [2.75, 3.05) is 31.6 Å². The zero-order chi connectivity index (χ0) is 20.5. The van der Waals surface area contributed by atoms with Crippen LogP contribution in [0.4, 0.5) is 5.69 Å². The van der Waals surface area contributed by atoms with Crippen molar-refractivity contribution in [2.24, 2.45) is 5.92 Å². The Bertz CT molecular complexity index is 821. The fraction of sp³-hybridized carbons (Fsp3) is 0.391. The molecular weight excluding hydrogens is 402 g/mol. The zero-order valence-corrected chi connectivity index (χ0v) is 18.1. The number of carbonyl (C=O) groups excluding carboxylic acids is 2. The van der Waals surface area contributed by atoms with Gasteiger partial charge >= 0.3 is 0 Å². The second kappa shape index (κ2) is 12.2. The summed E-state index contributed by atoms with van der Waals surface area (Å²) in [4.78, 5) is 24.2. The van der Waals surface area contributed by atoms with Crippen molar-refractivity contribution in [3.63, 3.8) is 0 Å². The van der Waals surface area contributed by atoms with Crippen molar-refractivity contribution in [2.45, 2.75) is 26.2 Å². The molecule has 7 heteroatoms. The first-order chi connectivity index (χ1) is 14.1. The van der Waals surface area contributed by atoms with Crippen LogP contribution in [-0.2, 0) is 16.0 Å². The monoisotopic (exact) mass is 431 g/mol. The summed E-state index contributed by atoms with van der Waals surface area (Å²) in [7, 11) is 0. The van der Waals surface area contributed by atoms with Gasteiger partial charge in [-0.05, 0) is 68.1 Å². The van der Waals surface area contributed by atoms with Crippen LogP contribution in [0.5, 0.6) is 5.75 Å². The molecule has 1 aliphatic rings. The van der Waals surface area contributed by atoms with Crippen molar-refractivity contribution in [3.05, 3.63) is 59.7 Å². The van der Waals surface area contributed by atoms with Crippen molar-refractivity contribution in [1.82, 2.24) is 10.6 Å². The molecule has 1 unspecified atom stereocenters. The largest absolute Gasteiger partial charge is 0.484 e. The van der Waals surface area contributed by atoms with E-state index in [1.807, 2.05) is 55.5 Å². The van der Waals surface area contributed by atoms with E-state index in [9.17, 15) is 9.59 Å². The number of rotatable bonds is 8. The highest BCUT2D eigenvalue weighted by Crippen LogP contribution is 2.14. The van der Waals surface area contributed by atoms with E-state index in [4.69, 9.17) is 4.74 Å². The molecule has 0 aliphatic carbocycles. The predicted octanol–water partition coefficient (Wildman–Crippen LogP) is 3.09. The molecule has 3 N–H and O–H groups in total. The minimum Gasteiger partial charge on any atom is -0.484 e. The summed E-state index contributed by atoms with van der Waals surface area (Å²) in [6.07, 6.45) is 2.78. The van der Waals surface area contributed by atoms with E-state index < -0.39 is 0 Å². The maximum Gasteiger partial charge on any atom is 0.262 e. The normalized spacial score (nSPS) is 15.6. The molecule has 1 heterocycles. The van der Waals surface area contributed by atoms with Crippen LogP contribution in [0, 0.1) is 12.8 Å². The van der Waals surface area contributed by atoms with Gasteiger partial charge in [-0.2, -0.15) is 0 Å². The average molecular weight is 432 g/mol. The summed E-state index contributed by atoms with van der Waals surface area (Å²) >= 11 is 0. The lowest BCUT2D eigenvalue weighted by Crippen LogP contribution is -2.41. The van der Waals surface area contributed by atoms with E-state index in [1.54, 1.807) is 0 Å². The van der Waals surface area contributed by atoms with Gasteiger partial charge in [0.25, 0.3) is 5.91 Å². The molecule has 0 spiro atoms. The number of benzene rings is 2. The van der Waals surface area contributed by atoms with Crippen LogP contribution in [0.1, 0.15) is 24.0 Å². The van der Waals surface area contributed by atoms with E-state index in [0.29, 0.717) is 12.3 Å². The number of hydrogen-bond donors (Lipinski definition) is 3. The Morgan fingerprint density at radius 1 is 1.17 bits per heavy atom. The van der Waals surface area contributed by atoms with Crippen LogP contribution in [0.15, 0.2) is 48.5 Å². The second-order valence-electron chi connectivity index (χ2n) is 7.43. The van der Waals surface area contributed by atoms with Crippen LogP contribution >= 0.6 is 12.4 Å². The van der Waals surface area contributed by atoms with Crippen LogP contribution in [0.3, 0.4) is 0 Å². The first-order valence-corrected chi connectivity index (χ1v) is 10.2. The molecular formula is C23H30ClN3O3. The molecule has 162 valence electrons. The highest BCUT2D eigenvalue weighted by molar-refractivity contribution is 5.91. The van der Waals surface area contributed by atoms with Gasteiger partial charge in [-0.25, -0.2) is 0 Å².